The Bertz CT molecular complexity index is 569. The van der Waals surface area contributed by atoms with E-state index in [1.165, 1.54) is 29.5 Å². The summed E-state index contributed by atoms with van der Waals surface area (Å²) in [7, 11) is 1.98. The summed E-state index contributed by atoms with van der Waals surface area (Å²) < 4.78 is 1.89. The van der Waals surface area contributed by atoms with Crippen LogP contribution in [0.25, 0.3) is 0 Å². The average molecular weight is 269 g/mol. The van der Waals surface area contributed by atoms with E-state index in [-0.39, 0.29) is 0 Å². The first-order valence-corrected chi connectivity index (χ1v) is 7.48. The summed E-state index contributed by atoms with van der Waals surface area (Å²) in [5.41, 5.74) is 4.09. The van der Waals surface area contributed by atoms with E-state index >= 15 is 0 Å². The number of benzene rings is 1. The van der Waals surface area contributed by atoms with E-state index in [1.807, 2.05) is 17.9 Å². The van der Waals surface area contributed by atoms with Crippen molar-refractivity contribution in [1.82, 2.24) is 15.1 Å². The summed E-state index contributed by atoms with van der Waals surface area (Å²) in [5, 5.41) is 7.96. The topological polar surface area (TPSA) is 29.9 Å². The highest BCUT2D eigenvalue weighted by atomic mass is 15.2. The molecule has 1 saturated carbocycles. The molecule has 1 heterocycles. The zero-order valence-electron chi connectivity index (χ0n) is 12.3. The lowest BCUT2D eigenvalue weighted by Gasteiger charge is -2.18. The smallest absolute Gasteiger partial charge is 0.0521 e. The normalized spacial score (nSPS) is 16.3. The van der Waals surface area contributed by atoms with Crippen LogP contribution in [0.4, 0.5) is 0 Å². The first-order valence-electron chi connectivity index (χ1n) is 7.48. The van der Waals surface area contributed by atoms with Crippen LogP contribution in [0.2, 0.25) is 0 Å². The fourth-order valence-corrected chi connectivity index (χ4v) is 2.69. The first kappa shape index (κ1) is 13.4. The Labute approximate surface area is 121 Å². The Hall–Kier alpha value is -1.61. The second-order valence-electron chi connectivity index (χ2n) is 6.02. The van der Waals surface area contributed by atoms with E-state index in [1.54, 1.807) is 0 Å². The Kier molecular flexibility index (Phi) is 3.88. The van der Waals surface area contributed by atoms with Crippen LogP contribution in [0.15, 0.2) is 36.7 Å². The number of aromatic nitrogens is 2. The van der Waals surface area contributed by atoms with Crippen LogP contribution in [0, 0.1) is 6.92 Å². The summed E-state index contributed by atoms with van der Waals surface area (Å²) in [5.74, 6) is 0.528. The van der Waals surface area contributed by atoms with Crippen molar-refractivity contribution in [3.05, 3.63) is 53.3 Å². The Morgan fingerprint density at radius 3 is 2.90 bits per heavy atom. The van der Waals surface area contributed by atoms with E-state index in [0.717, 1.165) is 19.0 Å². The third-order valence-electron chi connectivity index (χ3n) is 3.98. The average Bonchev–Trinajstić information content (AvgIpc) is 3.17. The third-order valence-corrected chi connectivity index (χ3v) is 3.98. The maximum Gasteiger partial charge on any atom is 0.0521 e. The first-order chi connectivity index (χ1) is 9.70. The van der Waals surface area contributed by atoms with Gasteiger partial charge in [-0.25, -0.2) is 0 Å². The van der Waals surface area contributed by atoms with Crippen LogP contribution >= 0.6 is 0 Å². The molecule has 3 heteroatoms. The molecule has 0 spiro atoms. The predicted octanol–water partition coefficient (Wildman–Crippen LogP) is 2.81. The van der Waals surface area contributed by atoms with Crippen molar-refractivity contribution in [2.24, 2.45) is 7.05 Å². The number of rotatable bonds is 6. The van der Waals surface area contributed by atoms with Gasteiger partial charge in [0.25, 0.3) is 0 Å². The van der Waals surface area contributed by atoms with Gasteiger partial charge in [-0.2, -0.15) is 5.10 Å². The maximum absolute atomic E-state index is 4.28. The quantitative estimate of drug-likeness (QED) is 0.874. The molecule has 20 heavy (non-hydrogen) atoms. The third kappa shape index (κ3) is 3.48. The summed E-state index contributed by atoms with van der Waals surface area (Å²) in [4.78, 5) is 0. The van der Waals surface area contributed by atoms with E-state index in [9.17, 15) is 0 Å². The lowest BCUT2D eigenvalue weighted by Crippen LogP contribution is -2.24. The standard InChI is InChI=1S/C17H23N3/c1-13-4-3-5-15(8-13)16(11-18-17-6-7-17)9-14-10-19-20(2)12-14/h3-5,8,10,12,16-18H,6-7,9,11H2,1-2H3. The predicted molar refractivity (Wildman–Crippen MR) is 81.9 cm³/mol. The fourth-order valence-electron chi connectivity index (χ4n) is 2.69. The highest BCUT2D eigenvalue weighted by Gasteiger charge is 2.22. The molecule has 0 bridgehead atoms. The molecule has 1 aromatic heterocycles. The van der Waals surface area contributed by atoms with E-state index in [0.29, 0.717) is 5.92 Å². The molecule has 3 nitrogen and oxygen atoms in total. The molecule has 1 atom stereocenters. The maximum atomic E-state index is 4.28. The molecule has 1 fully saturated rings. The zero-order valence-corrected chi connectivity index (χ0v) is 12.3. The molecule has 1 aromatic carbocycles. The molecule has 2 aromatic rings. The van der Waals surface area contributed by atoms with E-state index in [2.05, 4.69) is 47.8 Å². The molecular formula is C17H23N3. The van der Waals surface area contributed by atoms with Crippen molar-refractivity contribution in [3.8, 4) is 0 Å². The van der Waals surface area contributed by atoms with Gasteiger partial charge >= 0.3 is 0 Å². The van der Waals surface area contributed by atoms with Gasteiger partial charge in [0.2, 0.25) is 0 Å². The van der Waals surface area contributed by atoms with Gasteiger partial charge in [-0.15, -0.1) is 0 Å². The van der Waals surface area contributed by atoms with Crippen molar-refractivity contribution in [2.75, 3.05) is 6.54 Å². The van der Waals surface area contributed by atoms with Gasteiger partial charge in [0.15, 0.2) is 0 Å². The van der Waals surface area contributed by atoms with Crippen molar-refractivity contribution in [3.63, 3.8) is 0 Å². The van der Waals surface area contributed by atoms with E-state index < -0.39 is 0 Å². The van der Waals surface area contributed by atoms with Crippen molar-refractivity contribution >= 4 is 0 Å². The Balaban J connectivity index is 1.74. The highest BCUT2D eigenvalue weighted by Crippen LogP contribution is 2.24. The molecule has 1 aliphatic carbocycles. The van der Waals surface area contributed by atoms with Crippen molar-refractivity contribution < 1.29 is 0 Å². The minimum Gasteiger partial charge on any atom is -0.313 e. The van der Waals surface area contributed by atoms with Crippen LogP contribution in [-0.4, -0.2) is 22.4 Å². The molecular weight excluding hydrogens is 246 g/mol. The van der Waals surface area contributed by atoms with Crippen LogP contribution in [0.3, 0.4) is 0 Å². The van der Waals surface area contributed by atoms with Gasteiger partial charge in [-0.1, -0.05) is 29.8 Å². The molecule has 0 radical (unpaired) electrons. The van der Waals surface area contributed by atoms with Crippen molar-refractivity contribution in [1.29, 1.82) is 0 Å². The zero-order chi connectivity index (χ0) is 13.9. The molecule has 1 N–H and O–H groups in total. The lowest BCUT2D eigenvalue weighted by molar-refractivity contribution is 0.576. The van der Waals surface area contributed by atoms with Gasteiger partial charge in [0.1, 0.15) is 0 Å². The SMILES string of the molecule is Cc1cccc(C(CNC2CC2)Cc2cnn(C)c2)c1. The Morgan fingerprint density at radius 1 is 1.40 bits per heavy atom. The monoisotopic (exact) mass is 269 g/mol. The number of aryl methyl sites for hydroxylation is 2. The van der Waals surface area contributed by atoms with Crippen LogP contribution in [0.1, 0.15) is 35.4 Å². The molecule has 106 valence electrons. The van der Waals surface area contributed by atoms with Crippen LogP contribution in [0.5, 0.6) is 0 Å². The largest absolute Gasteiger partial charge is 0.313 e. The summed E-state index contributed by atoms with van der Waals surface area (Å²) >= 11 is 0. The van der Waals surface area contributed by atoms with E-state index in [4.69, 9.17) is 0 Å². The van der Waals surface area contributed by atoms with Crippen LogP contribution in [-0.2, 0) is 13.5 Å². The molecule has 0 amide bonds. The van der Waals surface area contributed by atoms with Crippen LogP contribution < -0.4 is 5.32 Å². The minimum atomic E-state index is 0.528. The van der Waals surface area contributed by atoms with Crippen molar-refractivity contribution in [2.45, 2.75) is 38.1 Å². The Morgan fingerprint density at radius 2 is 2.25 bits per heavy atom. The fraction of sp³-hybridized carbons (Fsp3) is 0.471. The molecule has 0 saturated heterocycles. The summed E-state index contributed by atoms with van der Waals surface area (Å²) in [6.07, 6.45) is 7.84. The number of nitrogens with one attached hydrogen (secondary N) is 1. The second kappa shape index (κ2) is 5.80. The summed E-state index contributed by atoms with van der Waals surface area (Å²) in [6, 6.07) is 9.66. The number of nitrogens with zero attached hydrogens (tertiary/aromatic N) is 2. The van der Waals surface area contributed by atoms with Gasteiger partial charge in [0, 0.05) is 31.7 Å². The molecule has 1 unspecified atom stereocenters. The molecule has 3 rings (SSSR count). The van der Waals surface area contributed by atoms with Gasteiger partial charge < -0.3 is 5.32 Å². The van der Waals surface area contributed by atoms with Gasteiger partial charge in [-0.05, 0) is 37.3 Å². The molecule has 1 aliphatic rings. The summed E-state index contributed by atoms with van der Waals surface area (Å²) in [6.45, 7) is 3.22. The van der Waals surface area contributed by atoms with Gasteiger partial charge in [-0.3, -0.25) is 4.68 Å². The van der Waals surface area contributed by atoms with Gasteiger partial charge in [0.05, 0.1) is 6.20 Å². The minimum absolute atomic E-state index is 0.528. The number of hydrogen-bond donors (Lipinski definition) is 1. The highest BCUT2D eigenvalue weighted by molar-refractivity contribution is 5.27. The second-order valence-corrected chi connectivity index (χ2v) is 6.02. The lowest BCUT2D eigenvalue weighted by atomic mass is 9.92. The number of hydrogen-bond acceptors (Lipinski definition) is 2. The molecule has 0 aliphatic heterocycles.